The van der Waals surface area contributed by atoms with E-state index in [4.69, 9.17) is 11.6 Å². The maximum absolute atomic E-state index is 5.94. The van der Waals surface area contributed by atoms with Gasteiger partial charge in [-0.2, -0.15) is 0 Å². The standard InChI is InChI=1S/C12H16ClNS/c13-11-4-1-5-12(7-11)15-9-10-3-2-6-14-8-10/h1,4-5,7,10,14H,2-3,6,8-9H2. The molecule has 3 heteroatoms. The van der Waals surface area contributed by atoms with Gasteiger partial charge >= 0.3 is 0 Å². The van der Waals surface area contributed by atoms with E-state index < -0.39 is 0 Å². The van der Waals surface area contributed by atoms with Crippen molar-refractivity contribution in [1.29, 1.82) is 0 Å². The lowest BCUT2D eigenvalue weighted by molar-refractivity contribution is 0.410. The van der Waals surface area contributed by atoms with Crippen LogP contribution in [-0.4, -0.2) is 18.8 Å². The van der Waals surface area contributed by atoms with Gasteiger partial charge in [-0.1, -0.05) is 17.7 Å². The predicted octanol–water partition coefficient (Wildman–Crippen LogP) is 3.43. The summed E-state index contributed by atoms with van der Waals surface area (Å²) in [5.41, 5.74) is 0. The minimum absolute atomic E-state index is 0.822. The SMILES string of the molecule is Clc1cccc(SCC2CCCNC2)c1. The maximum Gasteiger partial charge on any atom is 0.0417 e. The minimum atomic E-state index is 0.822. The Bertz CT molecular complexity index is 310. The van der Waals surface area contributed by atoms with E-state index in [9.17, 15) is 0 Å². The summed E-state index contributed by atoms with van der Waals surface area (Å²) in [5, 5.41) is 4.28. The van der Waals surface area contributed by atoms with E-state index >= 15 is 0 Å². The summed E-state index contributed by atoms with van der Waals surface area (Å²) in [5.74, 6) is 2.02. The molecule has 1 atom stereocenters. The molecule has 15 heavy (non-hydrogen) atoms. The third-order valence-electron chi connectivity index (χ3n) is 2.68. The fourth-order valence-electron chi connectivity index (χ4n) is 1.84. The molecule has 1 fully saturated rings. The molecule has 1 saturated heterocycles. The van der Waals surface area contributed by atoms with Gasteiger partial charge in [-0.15, -0.1) is 11.8 Å². The number of halogens is 1. The molecule has 0 aliphatic carbocycles. The molecule has 1 unspecified atom stereocenters. The Balaban J connectivity index is 1.81. The van der Waals surface area contributed by atoms with Gasteiger partial charge in [0, 0.05) is 15.7 Å². The lowest BCUT2D eigenvalue weighted by Crippen LogP contribution is -2.30. The molecule has 2 rings (SSSR count). The van der Waals surface area contributed by atoms with Gasteiger partial charge in [-0.25, -0.2) is 0 Å². The highest BCUT2D eigenvalue weighted by Gasteiger charge is 2.12. The highest BCUT2D eigenvalue weighted by Crippen LogP contribution is 2.25. The normalized spacial score (nSPS) is 21.5. The third kappa shape index (κ3) is 3.71. The number of benzene rings is 1. The van der Waals surface area contributed by atoms with Crippen LogP contribution < -0.4 is 5.32 Å². The lowest BCUT2D eigenvalue weighted by Gasteiger charge is -2.22. The first-order valence-corrected chi connectivity index (χ1v) is 6.80. The van der Waals surface area contributed by atoms with Crippen LogP contribution in [-0.2, 0) is 0 Å². The van der Waals surface area contributed by atoms with Crippen LogP contribution in [0.5, 0.6) is 0 Å². The van der Waals surface area contributed by atoms with Crippen molar-refractivity contribution >= 4 is 23.4 Å². The van der Waals surface area contributed by atoms with Crippen LogP contribution in [0.1, 0.15) is 12.8 Å². The van der Waals surface area contributed by atoms with Crippen LogP contribution in [0, 0.1) is 5.92 Å². The summed E-state index contributed by atoms with van der Waals surface area (Å²) in [7, 11) is 0. The van der Waals surface area contributed by atoms with Crippen LogP contribution in [0.3, 0.4) is 0 Å². The van der Waals surface area contributed by atoms with E-state index in [1.165, 1.54) is 36.6 Å². The molecular weight excluding hydrogens is 226 g/mol. The van der Waals surface area contributed by atoms with Crippen molar-refractivity contribution in [3.05, 3.63) is 29.3 Å². The average molecular weight is 242 g/mol. The number of nitrogens with one attached hydrogen (secondary N) is 1. The quantitative estimate of drug-likeness (QED) is 0.814. The Labute approximate surface area is 101 Å². The Morgan fingerprint density at radius 2 is 2.40 bits per heavy atom. The van der Waals surface area contributed by atoms with E-state index in [-0.39, 0.29) is 0 Å². The zero-order valence-electron chi connectivity index (χ0n) is 8.71. The topological polar surface area (TPSA) is 12.0 Å². The van der Waals surface area contributed by atoms with Crippen molar-refractivity contribution in [2.75, 3.05) is 18.8 Å². The summed E-state index contributed by atoms with van der Waals surface area (Å²) < 4.78 is 0. The van der Waals surface area contributed by atoms with Crippen molar-refractivity contribution in [3.63, 3.8) is 0 Å². The molecule has 1 heterocycles. The molecule has 82 valence electrons. The van der Waals surface area contributed by atoms with Crippen molar-refractivity contribution in [2.24, 2.45) is 5.92 Å². The van der Waals surface area contributed by atoms with Crippen molar-refractivity contribution in [2.45, 2.75) is 17.7 Å². The zero-order chi connectivity index (χ0) is 10.5. The highest BCUT2D eigenvalue weighted by atomic mass is 35.5. The van der Waals surface area contributed by atoms with Gasteiger partial charge in [0.2, 0.25) is 0 Å². The number of hydrogen-bond donors (Lipinski definition) is 1. The molecular formula is C12H16ClNS. The van der Waals surface area contributed by atoms with Crippen LogP contribution >= 0.6 is 23.4 Å². The van der Waals surface area contributed by atoms with Crippen molar-refractivity contribution in [3.8, 4) is 0 Å². The van der Waals surface area contributed by atoms with Gasteiger partial charge in [-0.05, 0) is 50.0 Å². The first kappa shape index (κ1) is 11.3. The molecule has 0 amide bonds. The van der Waals surface area contributed by atoms with E-state index in [0.717, 1.165) is 10.9 Å². The molecule has 0 spiro atoms. The van der Waals surface area contributed by atoms with Gasteiger partial charge < -0.3 is 5.32 Å². The maximum atomic E-state index is 5.94. The highest BCUT2D eigenvalue weighted by molar-refractivity contribution is 7.99. The zero-order valence-corrected chi connectivity index (χ0v) is 10.3. The molecule has 0 radical (unpaired) electrons. The van der Waals surface area contributed by atoms with E-state index in [1.54, 1.807) is 0 Å². The number of thioether (sulfide) groups is 1. The Morgan fingerprint density at radius 3 is 3.13 bits per heavy atom. The molecule has 1 aromatic carbocycles. The van der Waals surface area contributed by atoms with Crippen LogP contribution in [0.25, 0.3) is 0 Å². The second-order valence-corrected chi connectivity index (χ2v) is 5.51. The van der Waals surface area contributed by atoms with E-state index in [0.29, 0.717) is 0 Å². The fourth-order valence-corrected chi connectivity index (χ4v) is 3.19. The molecule has 1 aliphatic heterocycles. The smallest absolute Gasteiger partial charge is 0.0417 e. The Morgan fingerprint density at radius 1 is 1.47 bits per heavy atom. The van der Waals surface area contributed by atoms with E-state index in [1.807, 2.05) is 30.0 Å². The van der Waals surface area contributed by atoms with Crippen molar-refractivity contribution < 1.29 is 0 Å². The number of rotatable bonds is 3. The van der Waals surface area contributed by atoms with Crippen LogP contribution in [0.15, 0.2) is 29.2 Å². The summed E-state index contributed by atoms with van der Waals surface area (Å²) in [6.45, 7) is 2.37. The lowest BCUT2D eigenvalue weighted by atomic mass is 10.0. The predicted molar refractivity (Wildman–Crippen MR) is 67.8 cm³/mol. The fraction of sp³-hybridized carbons (Fsp3) is 0.500. The molecule has 0 saturated carbocycles. The largest absolute Gasteiger partial charge is 0.316 e. The van der Waals surface area contributed by atoms with Crippen molar-refractivity contribution in [1.82, 2.24) is 5.32 Å². The van der Waals surface area contributed by atoms with Gasteiger partial charge in [-0.3, -0.25) is 0 Å². The first-order chi connectivity index (χ1) is 7.34. The molecule has 1 nitrogen and oxygen atoms in total. The molecule has 1 aliphatic rings. The molecule has 1 aromatic rings. The van der Waals surface area contributed by atoms with Crippen LogP contribution in [0.4, 0.5) is 0 Å². The van der Waals surface area contributed by atoms with Gasteiger partial charge in [0.15, 0.2) is 0 Å². The summed E-state index contributed by atoms with van der Waals surface area (Å²) in [4.78, 5) is 1.29. The Hall–Kier alpha value is -0.180. The van der Waals surface area contributed by atoms with Crippen LogP contribution in [0.2, 0.25) is 5.02 Å². The second kappa shape index (κ2) is 5.78. The second-order valence-electron chi connectivity index (χ2n) is 3.98. The number of piperidine rings is 1. The minimum Gasteiger partial charge on any atom is -0.316 e. The molecule has 0 aromatic heterocycles. The molecule has 1 N–H and O–H groups in total. The van der Waals surface area contributed by atoms with E-state index in [2.05, 4.69) is 11.4 Å². The monoisotopic (exact) mass is 241 g/mol. The third-order valence-corrected chi connectivity index (χ3v) is 4.14. The average Bonchev–Trinajstić information content (AvgIpc) is 2.28. The Kier molecular flexibility index (Phi) is 4.36. The summed E-state index contributed by atoms with van der Waals surface area (Å²) in [6, 6.07) is 8.12. The first-order valence-electron chi connectivity index (χ1n) is 5.44. The van der Waals surface area contributed by atoms with Gasteiger partial charge in [0.1, 0.15) is 0 Å². The van der Waals surface area contributed by atoms with Gasteiger partial charge in [0.05, 0.1) is 0 Å². The van der Waals surface area contributed by atoms with Gasteiger partial charge in [0.25, 0.3) is 0 Å². The molecule has 0 bridgehead atoms. The number of hydrogen-bond acceptors (Lipinski definition) is 2. The summed E-state index contributed by atoms with van der Waals surface area (Å²) in [6.07, 6.45) is 2.68. The summed E-state index contributed by atoms with van der Waals surface area (Å²) >= 11 is 7.86.